The summed E-state index contributed by atoms with van der Waals surface area (Å²) in [5, 5.41) is 2.80. The molecule has 0 spiro atoms. The summed E-state index contributed by atoms with van der Waals surface area (Å²) in [4.78, 5) is 11.7. The van der Waals surface area contributed by atoms with Crippen molar-refractivity contribution < 1.29 is 9.53 Å². The minimum Gasteiger partial charge on any atom is -0.497 e. The highest BCUT2D eigenvalue weighted by atomic mass is 16.5. The Balaban J connectivity index is 2.62. The van der Waals surface area contributed by atoms with Crippen molar-refractivity contribution in [2.24, 2.45) is 11.7 Å². The topological polar surface area (TPSA) is 64.3 Å². The molecule has 0 heterocycles. The molecule has 0 bridgehead atoms. The van der Waals surface area contributed by atoms with Crippen LogP contribution in [0.15, 0.2) is 24.3 Å². The molecule has 0 aliphatic rings. The predicted octanol–water partition coefficient (Wildman–Crippen LogP) is 1.62. The Labute approximate surface area is 95.8 Å². The lowest BCUT2D eigenvalue weighted by Crippen LogP contribution is -2.34. The van der Waals surface area contributed by atoms with E-state index >= 15 is 0 Å². The molecule has 0 saturated carbocycles. The van der Waals surface area contributed by atoms with Crippen LogP contribution in [0, 0.1) is 5.92 Å². The zero-order valence-electron chi connectivity index (χ0n) is 9.86. The van der Waals surface area contributed by atoms with E-state index in [1.165, 1.54) is 0 Å². The maximum absolute atomic E-state index is 11.7. The lowest BCUT2D eigenvalue weighted by Gasteiger charge is -2.15. The minimum atomic E-state index is -0.206. The first-order chi connectivity index (χ1) is 7.54. The second kappa shape index (κ2) is 5.51. The van der Waals surface area contributed by atoms with Gasteiger partial charge in [0.05, 0.1) is 13.0 Å². The lowest BCUT2D eigenvalue weighted by atomic mass is 10.0. The molecule has 4 heteroatoms. The summed E-state index contributed by atoms with van der Waals surface area (Å²) in [5.41, 5.74) is 6.40. The van der Waals surface area contributed by atoms with E-state index in [0.717, 1.165) is 11.4 Å². The number of carbonyl (C=O) groups excluding carboxylic acids is 1. The zero-order chi connectivity index (χ0) is 12.1. The summed E-state index contributed by atoms with van der Waals surface area (Å²) >= 11 is 0. The highest BCUT2D eigenvalue weighted by Crippen LogP contribution is 2.16. The molecule has 0 fully saturated rings. The lowest BCUT2D eigenvalue weighted by molar-refractivity contribution is -0.119. The largest absolute Gasteiger partial charge is 0.497 e. The van der Waals surface area contributed by atoms with Gasteiger partial charge in [0.25, 0.3) is 0 Å². The number of nitrogens with one attached hydrogen (secondary N) is 1. The van der Waals surface area contributed by atoms with Crippen molar-refractivity contribution in [3.05, 3.63) is 24.3 Å². The number of hydrogen-bond donors (Lipinski definition) is 2. The smallest absolute Gasteiger partial charge is 0.228 e. The minimum absolute atomic E-state index is 0.0693. The van der Waals surface area contributed by atoms with Crippen LogP contribution in [0.4, 0.5) is 5.69 Å². The van der Waals surface area contributed by atoms with Gasteiger partial charge in [-0.1, -0.05) is 6.92 Å². The van der Waals surface area contributed by atoms with Gasteiger partial charge in [-0.05, 0) is 31.2 Å². The molecule has 0 radical (unpaired) electrons. The van der Waals surface area contributed by atoms with Gasteiger partial charge in [-0.15, -0.1) is 0 Å². The van der Waals surface area contributed by atoms with Gasteiger partial charge >= 0.3 is 0 Å². The SMILES string of the molecule is COc1ccc(NC(=O)C(C)C(C)N)cc1. The van der Waals surface area contributed by atoms with Gasteiger partial charge < -0.3 is 15.8 Å². The van der Waals surface area contributed by atoms with Crippen LogP contribution in [-0.2, 0) is 4.79 Å². The number of methoxy groups -OCH3 is 1. The van der Waals surface area contributed by atoms with Crippen LogP contribution in [0.1, 0.15) is 13.8 Å². The van der Waals surface area contributed by atoms with Crippen molar-refractivity contribution in [2.75, 3.05) is 12.4 Å². The normalized spacial score (nSPS) is 14.0. The summed E-state index contributed by atoms with van der Waals surface area (Å²) in [6.45, 7) is 3.63. The molecular weight excluding hydrogens is 204 g/mol. The standard InChI is InChI=1S/C12H18N2O2/c1-8(9(2)13)12(15)14-10-4-6-11(16-3)7-5-10/h4-9H,13H2,1-3H3,(H,14,15). The van der Waals surface area contributed by atoms with Crippen molar-refractivity contribution in [1.29, 1.82) is 0 Å². The van der Waals surface area contributed by atoms with E-state index in [4.69, 9.17) is 10.5 Å². The molecule has 0 aliphatic carbocycles. The monoisotopic (exact) mass is 222 g/mol. The molecule has 1 rings (SSSR count). The van der Waals surface area contributed by atoms with Crippen molar-refractivity contribution in [2.45, 2.75) is 19.9 Å². The summed E-state index contributed by atoms with van der Waals surface area (Å²) in [7, 11) is 1.60. The van der Waals surface area contributed by atoms with Crippen LogP contribution >= 0.6 is 0 Å². The van der Waals surface area contributed by atoms with Gasteiger partial charge in [-0.3, -0.25) is 4.79 Å². The molecular formula is C12H18N2O2. The van der Waals surface area contributed by atoms with E-state index in [2.05, 4.69) is 5.32 Å². The molecule has 1 aromatic rings. The van der Waals surface area contributed by atoms with Crippen molar-refractivity contribution in [1.82, 2.24) is 0 Å². The third-order valence-corrected chi connectivity index (χ3v) is 2.56. The Morgan fingerprint density at radius 3 is 2.31 bits per heavy atom. The molecule has 0 saturated heterocycles. The number of nitrogens with two attached hydrogens (primary N) is 1. The molecule has 88 valence electrons. The second-order valence-electron chi connectivity index (χ2n) is 3.87. The van der Waals surface area contributed by atoms with Gasteiger partial charge in [-0.25, -0.2) is 0 Å². The van der Waals surface area contributed by atoms with Crippen LogP contribution in [0.2, 0.25) is 0 Å². The molecule has 1 amide bonds. The quantitative estimate of drug-likeness (QED) is 0.813. The van der Waals surface area contributed by atoms with E-state index < -0.39 is 0 Å². The fourth-order valence-corrected chi connectivity index (χ4v) is 1.17. The van der Waals surface area contributed by atoms with E-state index in [-0.39, 0.29) is 17.9 Å². The number of ether oxygens (including phenoxy) is 1. The number of amides is 1. The summed E-state index contributed by atoms with van der Waals surface area (Å²) in [6.07, 6.45) is 0. The van der Waals surface area contributed by atoms with Gasteiger partial charge in [0.15, 0.2) is 0 Å². The van der Waals surface area contributed by atoms with Gasteiger partial charge in [-0.2, -0.15) is 0 Å². The number of rotatable bonds is 4. The second-order valence-corrected chi connectivity index (χ2v) is 3.87. The van der Waals surface area contributed by atoms with Crippen LogP contribution in [0.5, 0.6) is 5.75 Å². The summed E-state index contributed by atoms with van der Waals surface area (Å²) < 4.78 is 5.03. The summed E-state index contributed by atoms with van der Waals surface area (Å²) in [5.74, 6) is 0.487. The maximum atomic E-state index is 11.7. The number of benzene rings is 1. The molecule has 4 nitrogen and oxygen atoms in total. The molecule has 0 aromatic heterocycles. The molecule has 3 N–H and O–H groups in total. The Morgan fingerprint density at radius 2 is 1.88 bits per heavy atom. The van der Waals surface area contributed by atoms with E-state index in [1.54, 1.807) is 31.4 Å². The number of anilines is 1. The Hall–Kier alpha value is -1.55. The maximum Gasteiger partial charge on any atom is 0.228 e. The molecule has 2 atom stereocenters. The average molecular weight is 222 g/mol. The fraction of sp³-hybridized carbons (Fsp3) is 0.417. The Bertz CT molecular complexity index is 347. The highest BCUT2D eigenvalue weighted by molar-refractivity contribution is 5.92. The average Bonchev–Trinajstić information content (AvgIpc) is 2.28. The third-order valence-electron chi connectivity index (χ3n) is 2.56. The van der Waals surface area contributed by atoms with Crippen molar-refractivity contribution in [3.63, 3.8) is 0 Å². The zero-order valence-corrected chi connectivity index (χ0v) is 9.86. The van der Waals surface area contributed by atoms with Crippen molar-refractivity contribution in [3.8, 4) is 5.75 Å². The third kappa shape index (κ3) is 3.24. The van der Waals surface area contributed by atoms with Crippen LogP contribution < -0.4 is 15.8 Å². The molecule has 2 unspecified atom stereocenters. The van der Waals surface area contributed by atoms with Gasteiger partial charge in [0.1, 0.15) is 5.75 Å². The Kier molecular flexibility index (Phi) is 4.31. The van der Waals surface area contributed by atoms with Gasteiger partial charge in [0, 0.05) is 11.7 Å². The molecule has 0 aliphatic heterocycles. The molecule has 1 aromatic carbocycles. The highest BCUT2D eigenvalue weighted by Gasteiger charge is 2.16. The molecule has 16 heavy (non-hydrogen) atoms. The van der Waals surface area contributed by atoms with Crippen LogP contribution in [0.25, 0.3) is 0 Å². The van der Waals surface area contributed by atoms with Crippen LogP contribution in [0.3, 0.4) is 0 Å². The van der Waals surface area contributed by atoms with Gasteiger partial charge in [0.2, 0.25) is 5.91 Å². The fourth-order valence-electron chi connectivity index (χ4n) is 1.17. The number of carbonyl (C=O) groups is 1. The first-order valence-electron chi connectivity index (χ1n) is 5.25. The predicted molar refractivity (Wildman–Crippen MR) is 64.4 cm³/mol. The van der Waals surface area contributed by atoms with E-state index in [9.17, 15) is 4.79 Å². The first-order valence-corrected chi connectivity index (χ1v) is 5.25. The first kappa shape index (κ1) is 12.5. The van der Waals surface area contributed by atoms with Crippen molar-refractivity contribution >= 4 is 11.6 Å². The van der Waals surface area contributed by atoms with Crippen LogP contribution in [-0.4, -0.2) is 19.1 Å². The van der Waals surface area contributed by atoms with E-state index in [0.29, 0.717) is 0 Å². The Morgan fingerprint density at radius 1 is 1.31 bits per heavy atom. The van der Waals surface area contributed by atoms with E-state index in [1.807, 2.05) is 13.8 Å². The number of hydrogen-bond acceptors (Lipinski definition) is 3. The summed E-state index contributed by atoms with van der Waals surface area (Å²) in [6, 6.07) is 7.03.